The first-order valence-corrected chi connectivity index (χ1v) is 6.85. The van der Waals surface area contributed by atoms with Crippen LogP contribution in [-0.2, 0) is 6.61 Å². The van der Waals surface area contributed by atoms with Crippen LogP contribution in [0, 0.1) is 0 Å². The summed E-state index contributed by atoms with van der Waals surface area (Å²) in [5.41, 5.74) is 2.39. The predicted octanol–water partition coefficient (Wildman–Crippen LogP) is 2.99. The molecule has 3 N–H and O–H groups in total. The van der Waals surface area contributed by atoms with E-state index in [-0.39, 0.29) is 6.61 Å². The summed E-state index contributed by atoms with van der Waals surface area (Å²) in [7, 11) is 0. The van der Waals surface area contributed by atoms with E-state index in [4.69, 9.17) is 15.0 Å². The molecule has 19 heavy (non-hydrogen) atoms. The number of rotatable bonds is 4. The van der Waals surface area contributed by atoms with Crippen molar-refractivity contribution in [1.29, 1.82) is 0 Å². The monoisotopic (exact) mass is 388 g/mol. The van der Waals surface area contributed by atoms with Crippen molar-refractivity contribution in [2.24, 2.45) is 5.84 Å². The summed E-state index contributed by atoms with van der Waals surface area (Å²) in [6, 6.07) is 7.15. The molecule has 1 amide bonds. The highest BCUT2D eigenvalue weighted by Gasteiger charge is 2.10. The Labute approximate surface area is 126 Å². The molecule has 0 bridgehead atoms. The lowest BCUT2D eigenvalue weighted by Gasteiger charge is -2.06. The molecule has 1 aromatic carbocycles. The number of carbonyl (C=O) groups excluding carboxylic acids is 1. The van der Waals surface area contributed by atoms with Crippen molar-refractivity contribution in [3.8, 4) is 5.75 Å². The normalized spacial score (nSPS) is 10.3. The quantitative estimate of drug-likeness (QED) is 0.478. The molecule has 5 nitrogen and oxygen atoms in total. The summed E-state index contributed by atoms with van der Waals surface area (Å²) in [6.07, 6.45) is 1.33. The number of amides is 1. The molecule has 0 aliphatic heterocycles. The number of furan rings is 1. The van der Waals surface area contributed by atoms with Gasteiger partial charge in [0, 0.05) is 4.47 Å². The molecule has 7 heteroatoms. The van der Waals surface area contributed by atoms with Crippen LogP contribution in [0.3, 0.4) is 0 Å². The topological polar surface area (TPSA) is 77.5 Å². The van der Waals surface area contributed by atoms with E-state index in [1.165, 1.54) is 6.26 Å². The van der Waals surface area contributed by atoms with E-state index in [2.05, 4.69) is 31.9 Å². The van der Waals surface area contributed by atoms with Crippen molar-refractivity contribution in [2.45, 2.75) is 6.61 Å². The van der Waals surface area contributed by atoms with Crippen LogP contribution in [0.4, 0.5) is 0 Å². The molecule has 0 atom stereocenters. The number of carbonyl (C=O) groups is 1. The fourth-order valence-electron chi connectivity index (χ4n) is 1.40. The maximum Gasteiger partial charge on any atom is 0.268 e. The van der Waals surface area contributed by atoms with Gasteiger partial charge in [0.2, 0.25) is 0 Å². The van der Waals surface area contributed by atoms with Crippen molar-refractivity contribution in [3.05, 3.63) is 50.8 Å². The fourth-order valence-corrected chi connectivity index (χ4v) is 2.56. The number of hydrazine groups is 1. The molecule has 0 aliphatic rings. The summed E-state index contributed by atoms with van der Waals surface area (Å²) in [5, 5.41) is 0. The number of nitrogens with one attached hydrogen (secondary N) is 1. The number of nitrogen functional groups attached to an aromatic ring is 1. The van der Waals surface area contributed by atoms with E-state index in [9.17, 15) is 4.79 Å². The van der Waals surface area contributed by atoms with Crippen molar-refractivity contribution in [1.82, 2.24) is 5.43 Å². The van der Waals surface area contributed by atoms with E-state index in [1.807, 2.05) is 23.6 Å². The van der Waals surface area contributed by atoms with E-state index in [0.717, 1.165) is 8.95 Å². The molecule has 0 fully saturated rings. The third-order valence-electron chi connectivity index (χ3n) is 2.31. The van der Waals surface area contributed by atoms with Gasteiger partial charge in [-0.3, -0.25) is 10.2 Å². The van der Waals surface area contributed by atoms with Crippen LogP contribution in [-0.4, -0.2) is 5.91 Å². The van der Waals surface area contributed by atoms with Gasteiger partial charge >= 0.3 is 0 Å². The lowest BCUT2D eigenvalue weighted by atomic mass is 10.3. The van der Waals surface area contributed by atoms with Gasteiger partial charge in [0.25, 0.3) is 5.91 Å². The third kappa shape index (κ3) is 3.59. The van der Waals surface area contributed by atoms with Crippen LogP contribution >= 0.6 is 31.9 Å². The number of nitrogens with two attached hydrogens (primary N) is 1. The van der Waals surface area contributed by atoms with Crippen LogP contribution in [0.5, 0.6) is 5.75 Å². The van der Waals surface area contributed by atoms with Gasteiger partial charge in [0.05, 0.1) is 10.0 Å². The maximum absolute atomic E-state index is 11.2. The molecular formula is C12H10Br2N2O3. The third-order valence-corrected chi connectivity index (χ3v) is 3.42. The highest BCUT2D eigenvalue weighted by molar-refractivity contribution is 9.11. The highest BCUT2D eigenvalue weighted by Crippen LogP contribution is 2.28. The Morgan fingerprint density at radius 3 is 2.84 bits per heavy atom. The molecule has 0 aliphatic carbocycles. The first-order chi connectivity index (χ1) is 9.10. The summed E-state index contributed by atoms with van der Waals surface area (Å²) < 4.78 is 12.6. The zero-order valence-electron chi connectivity index (χ0n) is 9.65. The lowest BCUT2D eigenvalue weighted by Crippen LogP contribution is -2.29. The first-order valence-electron chi connectivity index (χ1n) is 5.26. The van der Waals surface area contributed by atoms with Crippen LogP contribution in [0.1, 0.15) is 16.1 Å². The number of ether oxygens (including phenoxy) is 1. The molecule has 0 spiro atoms. The van der Waals surface area contributed by atoms with E-state index < -0.39 is 5.91 Å². The predicted molar refractivity (Wildman–Crippen MR) is 76.5 cm³/mol. The van der Waals surface area contributed by atoms with Gasteiger partial charge in [-0.2, -0.15) is 0 Å². The zero-order valence-corrected chi connectivity index (χ0v) is 12.8. The second kappa shape index (κ2) is 6.23. The van der Waals surface area contributed by atoms with Gasteiger partial charge in [0.1, 0.15) is 24.4 Å². The van der Waals surface area contributed by atoms with Crippen molar-refractivity contribution in [2.75, 3.05) is 0 Å². The fraction of sp³-hybridized carbons (Fsp3) is 0.0833. The Morgan fingerprint density at radius 2 is 2.16 bits per heavy atom. The Morgan fingerprint density at radius 1 is 1.37 bits per heavy atom. The minimum Gasteiger partial charge on any atom is -0.484 e. The molecule has 1 aromatic heterocycles. The van der Waals surface area contributed by atoms with Crippen molar-refractivity contribution in [3.63, 3.8) is 0 Å². The smallest absolute Gasteiger partial charge is 0.268 e. The molecule has 2 rings (SSSR count). The summed E-state index contributed by atoms with van der Waals surface area (Å²) in [5.74, 6) is 5.85. The molecule has 100 valence electrons. The minimum atomic E-state index is -0.403. The Bertz CT molecular complexity index is 598. The highest BCUT2D eigenvalue weighted by atomic mass is 79.9. The van der Waals surface area contributed by atoms with Crippen LogP contribution in [0.15, 0.2) is 43.9 Å². The molecule has 0 saturated heterocycles. The van der Waals surface area contributed by atoms with Gasteiger partial charge in [-0.05, 0) is 40.2 Å². The molecule has 0 radical (unpaired) electrons. The summed E-state index contributed by atoms with van der Waals surface area (Å²) in [4.78, 5) is 11.2. The van der Waals surface area contributed by atoms with Gasteiger partial charge < -0.3 is 9.15 Å². The first kappa shape index (κ1) is 14.1. The van der Waals surface area contributed by atoms with E-state index in [0.29, 0.717) is 17.1 Å². The number of hydrogen-bond acceptors (Lipinski definition) is 4. The summed E-state index contributed by atoms with van der Waals surface area (Å²) in [6.45, 7) is 0.220. The Kier molecular flexibility index (Phi) is 4.62. The number of benzene rings is 1. The number of halogens is 2. The van der Waals surface area contributed by atoms with Gasteiger partial charge in [-0.15, -0.1) is 0 Å². The lowest BCUT2D eigenvalue weighted by molar-refractivity contribution is 0.0953. The second-order valence-corrected chi connectivity index (χ2v) is 5.41. The van der Waals surface area contributed by atoms with E-state index >= 15 is 0 Å². The van der Waals surface area contributed by atoms with E-state index in [1.54, 1.807) is 6.07 Å². The summed E-state index contributed by atoms with van der Waals surface area (Å²) >= 11 is 6.75. The zero-order chi connectivity index (χ0) is 13.8. The molecule has 2 aromatic rings. The SMILES string of the molecule is NNC(=O)c1coc(COc2ccc(Br)cc2Br)c1. The van der Waals surface area contributed by atoms with Gasteiger partial charge in [-0.25, -0.2) is 5.84 Å². The Hall–Kier alpha value is -1.31. The maximum atomic E-state index is 11.2. The van der Waals surface area contributed by atoms with Crippen molar-refractivity contribution < 1.29 is 13.9 Å². The Balaban J connectivity index is 2.02. The largest absolute Gasteiger partial charge is 0.484 e. The second-order valence-electron chi connectivity index (χ2n) is 3.64. The standard InChI is InChI=1S/C12H10Br2N2O3/c13-8-1-2-11(10(14)4-8)19-6-9-3-7(5-18-9)12(17)16-15/h1-5H,6,15H2,(H,16,17). The molecular weight excluding hydrogens is 380 g/mol. The average molecular weight is 390 g/mol. The van der Waals surface area contributed by atoms with Crippen LogP contribution < -0.4 is 16.0 Å². The van der Waals surface area contributed by atoms with Gasteiger partial charge in [-0.1, -0.05) is 15.9 Å². The van der Waals surface area contributed by atoms with Crippen molar-refractivity contribution >= 4 is 37.8 Å². The molecule has 1 heterocycles. The van der Waals surface area contributed by atoms with Crippen LogP contribution in [0.2, 0.25) is 0 Å². The minimum absolute atomic E-state index is 0.220. The van der Waals surface area contributed by atoms with Crippen LogP contribution in [0.25, 0.3) is 0 Å². The molecule has 0 unspecified atom stereocenters. The average Bonchev–Trinajstić information content (AvgIpc) is 2.85. The molecule has 0 saturated carbocycles. The number of hydrogen-bond donors (Lipinski definition) is 2. The van der Waals surface area contributed by atoms with Gasteiger partial charge in [0.15, 0.2) is 0 Å².